The van der Waals surface area contributed by atoms with E-state index in [1.165, 1.54) is 0 Å². The SMILES string of the molecule is OBOc1cc2ccccc2o1. The van der Waals surface area contributed by atoms with Crippen LogP contribution in [0, 0.1) is 0 Å². The Hall–Kier alpha value is -1.42. The van der Waals surface area contributed by atoms with Crippen molar-refractivity contribution in [2.75, 3.05) is 0 Å². The fraction of sp³-hybridized carbons (Fsp3) is 0. The van der Waals surface area contributed by atoms with E-state index >= 15 is 0 Å². The van der Waals surface area contributed by atoms with Crippen LogP contribution in [0.15, 0.2) is 34.7 Å². The lowest BCUT2D eigenvalue weighted by Gasteiger charge is -1.91. The van der Waals surface area contributed by atoms with Crippen LogP contribution < -0.4 is 4.65 Å². The first-order valence-corrected chi connectivity index (χ1v) is 3.62. The number of rotatable bonds is 2. The average molecular weight is 162 g/mol. The van der Waals surface area contributed by atoms with Crippen LogP contribution in [-0.4, -0.2) is 12.7 Å². The summed E-state index contributed by atoms with van der Waals surface area (Å²) in [6.07, 6.45) is 0. The molecule has 0 unspecified atom stereocenters. The largest absolute Gasteiger partial charge is 0.512 e. The third-order valence-corrected chi connectivity index (χ3v) is 1.61. The molecule has 4 heteroatoms. The molecule has 2 aromatic rings. The van der Waals surface area contributed by atoms with Gasteiger partial charge in [0.1, 0.15) is 5.58 Å². The van der Waals surface area contributed by atoms with Gasteiger partial charge in [0.15, 0.2) is 0 Å². The molecule has 3 nitrogen and oxygen atoms in total. The van der Waals surface area contributed by atoms with E-state index < -0.39 is 0 Å². The molecule has 0 spiro atoms. The second-order valence-electron chi connectivity index (χ2n) is 2.38. The van der Waals surface area contributed by atoms with Gasteiger partial charge < -0.3 is 14.1 Å². The highest BCUT2D eigenvalue weighted by atomic mass is 16.6. The molecule has 0 atom stereocenters. The van der Waals surface area contributed by atoms with Crippen LogP contribution in [0.2, 0.25) is 0 Å². The maximum atomic E-state index is 8.46. The molecule has 1 N–H and O–H groups in total. The minimum atomic E-state index is -0.361. The van der Waals surface area contributed by atoms with Crippen LogP contribution in [0.3, 0.4) is 0 Å². The Kier molecular flexibility index (Phi) is 1.76. The summed E-state index contributed by atoms with van der Waals surface area (Å²) in [5, 5.41) is 9.44. The Morgan fingerprint density at radius 3 is 2.92 bits per heavy atom. The zero-order valence-corrected chi connectivity index (χ0v) is 6.36. The van der Waals surface area contributed by atoms with Crippen molar-refractivity contribution in [3.8, 4) is 5.95 Å². The third-order valence-electron chi connectivity index (χ3n) is 1.61. The van der Waals surface area contributed by atoms with Crippen molar-refractivity contribution >= 4 is 18.7 Å². The van der Waals surface area contributed by atoms with E-state index in [-0.39, 0.29) is 7.69 Å². The molecule has 60 valence electrons. The van der Waals surface area contributed by atoms with Crippen molar-refractivity contribution in [1.82, 2.24) is 0 Å². The highest BCUT2D eigenvalue weighted by Crippen LogP contribution is 2.23. The molecule has 0 radical (unpaired) electrons. The molecule has 0 aliphatic heterocycles. The van der Waals surface area contributed by atoms with Crippen LogP contribution in [-0.2, 0) is 0 Å². The lowest BCUT2D eigenvalue weighted by molar-refractivity contribution is 0.371. The summed E-state index contributed by atoms with van der Waals surface area (Å²) < 4.78 is 10.0. The first-order valence-electron chi connectivity index (χ1n) is 3.62. The van der Waals surface area contributed by atoms with Gasteiger partial charge in [0, 0.05) is 11.5 Å². The van der Waals surface area contributed by atoms with Gasteiger partial charge in [-0.15, -0.1) is 0 Å². The predicted molar refractivity (Wildman–Crippen MR) is 46.2 cm³/mol. The Morgan fingerprint density at radius 2 is 2.17 bits per heavy atom. The zero-order chi connectivity index (χ0) is 8.39. The van der Waals surface area contributed by atoms with Gasteiger partial charge in [-0.3, -0.25) is 0 Å². The summed E-state index contributed by atoms with van der Waals surface area (Å²) in [7, 11) is -0.361. The minimum absolute atomic E-state index is 0.346. The first-order chi connectivity index (χ1) is 5.90. The molecule has 1 heterocycles. The number of fused-ring (bicyclic) bond motifs is 1. The molecule has 1 aromatic heterocycles. The topological polar surface area (TPSA) is 42.6 Å². The average Bonchev–Trinajstić information content (AvgIpc) is 2.47. The highest BCUT2D eigenvalue weighted by molar-refractivity contribution is 6.17. The van der Waals surface area contributed by atoms with Crippen LogP contribution in [0.25, 0.3) is 11.0 Å². The van der Waals surface area contributed by atoms with Crippen molar-refractivity contribution in [3.63, 3.8) is 0 Å². The van der Waals surface area contributed by atoms with Gasteiger partial charge in [0.25, 0.3) is 5.95 Å². The Morgan fingerprint density at radius 1 is 1.33 bits per heavy atom. The molecule has 0 saturated heterocycles. The standard InChI is InChI=1S/C8H7BO3/c10-9-12-8-5-6-3-1-2-4-7(6)11-8/h1-5,9-10H. The van der Waals surface area contributed by atoms with Crippen molar-refractivity contribution in [2.45, 2.75) is 0 Å². The van der Waals surface area contributed by atoms with Crippen molar-refractivity contribution in [1.29, 1.82) is 0 Å². The summed E-state index contributed by atoms with van der Waals surface area (Å²) in [6, 6.07) is 9.31. The van der Waals surface area contributed by atoms with Crippen LogP contribution in [0.5, 0.6) is 5.95 Å². The molecule has 0 aliphatic rings. The molecule has 1 aromatic carbocycles. The molecule has 2 rings (SSSR count). The highest BCUT2D eigenvalue weighted by Gasteiger charge is 2.02. The van der Waals surface area contributed by atoms with Gasteiger partial charge in [-0.1, -0.05) is 18.2 Å². The van der Waals surface area contributed by atoms with Crippen molar-refractivity contribution in [3.05, 3.63) is 30.3 Å². The first kappa shape index (κ1) is 7.25. The fourth-order valence-corrected chi connectivity index (χ4v) is 1.09. The predicted octanol–water partition coefficient (Wildman–Crippen LogP) is 1.07. The summed E-state index contributed by atoms with van der Waals surface area (Å²) in [5.74, 6) is 0.346. The zero-order valence-electron chi connectivity index (χ0n) is 6.36. The molecule has 0 aliphatic carbocycles. The van der Waals surface area contributed by atoms with Crippen LogP contribution in [0.4, 0.5) is 0 Å². The van der Waals surface area contributed by atoms with Gasteiger partial charge >= 0.3 is 7.69 Å². The van der Waals surface area contributed by atoms with Gasteiger partial charge in [0.2, 0.25) is 0 Å². The molecular formula is C8H7BO3. The molecule has 0 saturated carbocycles. The Bertz CT molecular complexity index is 349. The van der Waals surface area contributed by atoms with E-state index in [9.17, 15) is 0 Å². The number of hydrogen-bond donors (Lipinski definition) is 1. The number of furan rings is 1. The fourth-order valence-electron chi connectivity index (χ4n) is 1.09. The second kappa shape index (κ2) is 2.91. The second-order valence-corrected chi connectivity index (χ2v) is 2.38. The maximum absolute atomic E-state index is 8.46. The van der Waals surface area contributed by atoms with Crippen LogP contribution in [0.1, 0.15) is 0 Å². The van der Waals surface area contributed by atoms with Crippen molar-refractivity contribution in [2.24, 2.45) is 0 Å². The summed E-state index contributed by atoms with van der Waals surface area (Å²) in [4.78, 5) is 0. The smallest absolute Gasteiger partial charge is 0.506 e. The molecule has 0 bridgehead atoms. The van der Waals surface area contributed by atoms with Gasteiger partial charge in [0.05, 0.1) is 0 Å². The molecule has 0 amide bonds. The van der Waals surface area contributed by atoms with E-state index in [1.54, 1.807) is 6.07 Å². The lowest BCUT2D eigenvalue weighted by Crippen LogP contribution is -1.97. The molecular weight excluding hydrogens is 155 g/mol. The summed E-state index contributed by atoms with van der Waals surface area (Å²) >= 11 is 0. The molecule has 0 fully saturated rings. The van der Waals surface area contributed by atoms with Gasteiger partial charge in [-0.2, -0.15) is 0 Å². The van der Waals surface area contributed by atoms with Crippen LogP contribution >= 0.6 is 0 Å². The minimum Gasteiger partial charge on any atom is -0.512 e. The van der Waals surface area contributed by atoms with E-state index in [0.29, 0.717) is 5.95 Å². The van der Waals surface area contributed by atoms with E-state index in [4.69, 9.17) is 14.1 Å². The Labute approximate surface area is 69.9 Å². The lowest BCUT2D eigenvalue weighted by atomic mass is 10.3. The summed E-state index contributed by atoms with van der Waals surface area (Å²) in [5.41, 5.74) is 0.765. The maximum Gasteiger partial charge on any atom is 0.506 e. The number of hydrogen-bond acceptors (Lipinski definition) is 3. The van der Waals surface area contributed by atoms with Gasteiger partial charge in [-0.25, -0.2) is 0 Å². The van der Waals surface area contributed by atoms with E-state index in [2.05, 4.69) is 0 Å². The number of benzene rings is 1. The summed E-state index contributed by atoms with van der Waals surface area (Å²) in [6.45, 7) is 0. The Balaban J connectivity index is 2.47. The van der Waals surface area contributed by atoms with Crippen molar-refractivity contribution < 1.29 is 14.1 Å². The monoisotopic (exact) mass is 162 g/mol. The van der Waals surface area contributed by atoms with Gasteiger partial charge in [-0.05, 0) is 6.07 Å². The normalized spacial score (nSPS) is 10.1. The van der Waals surface area contributed by atoms with E-state index in [1.807, 2.05) is 24.3 Å². The third kappa shape index (κ3) is 1.17. The molecule has 12 heavy (non-hydrogen) atoms. The number of para-hydroxylation sites is 1. The quantitative estimate of drug-likeness (QED) is 0.671. The van der Waals surface area contributed by atoms with E-state index in [0.717, 1.165) is 11.0 Å².